The molecule has 2 unspecified atom stereocenters. The molecule has 1 saturated carbocycles. The lowest BCUT2D eigenvalue weighted by molar-refractivity contribution is 0.0669. The van der Waals surface area contributed by atoms with Crippen LogP contribution in [0.15, 0.2) is 42.6 Å². The molecule has 1 amide bonds. The van der Waals surface area contributed by atoms with E-state index in [1.54, 1.807) is 43.6 Å². The van der Waals surface area contributed by atoms with Crippen molar-refractivity contribution in [2.75, 3.05) is 17.7 Å². The van der Waals surface area contributed by atoms with Crippen molar-refractivity contribution in [1.82, 2.24) is 4.98 Å². The van der Waals surface area contributed by atoms with Gasteiger partial charge in [0.1, 0.15) is 5.82 Å². The van der Waals surface area contributed by atoms with Crippen molar-refractivity contribution in [1.29, 1.82) is 0 Å². The van der Waals surface area contributed by atoms with Gasteiger partial charge < -0.3 is 15.4 Å². The fraction of sp³-hybridized carbons (Fsp3) is 0.368. The maximum atomic E-state index is 12.3. The van der Waals surface area contributed by atoms with E-state index in [2.05, 4.69) is 15.6 Å². The van der Waals surface area contributed by atoms with E-state index in [9.17, 15) is 4.79 Å². The zero-order valence-corrected chi connectivity index (χ0v) is 14.9. The Morgan fingerprint density at radius 2 is 2.16 bits per heavy atom. The molecule has 132 valence electrons. The quantitative estimate of drug-likeness (QED) is 0.832. The van der Waals surface area contributed by atoms with Gasteiger partial charge in [0, 0.05) is 30.1 Å². The molecule has 1 aromatic heterocycles. The molecule has 5 nitrogen and oxygen atoms in total. The highest BCUT2D eigenvalue weighted by Gasteiger charge is 2.21. The summed E-state index contributed by atoms with van der Waals surface area (Å²) < 4.78 is 5.45. The monoisotopic (exact) mass is 359 g/mol. The molecule has 1 aliphatic rings. The van der Waals surface area contributed by atoms with Gasteiger partial charge in [0.2, 0.25) is 0 Å². The first-order chi connectivity index (χ1) is 12.1. The number of carbonyl (C=O) groups is 1. The summed E-state index contributed by atoms with van der Waals surface area (Å²) in [5, 5.41) is 6.82. The van der Waals surface area contributed by atoms with Crippen molar-refractivity contribution in [2.24, 2.45) is 0 Å². The Bertz CT molecular complexity index is 721. The minimum absolute atomic E-state index is 0.210. The van der Waals surface area contributed by atoms with E-state index in [1.807, 2.05) is 6.07 Å². The highest BCUT2D eigenvalue weighted by Crippen LogP contribution is 2.23. The molecule has 3 rings (SSSR count). The number of rotatable bonds is 5. The van der Waals surface area contributed by atoms with Crippen LogP contribution in [0.1, 0.15) is 36.0 Å². The van der Waals surface area contributed by atoms with Gasteiger partial charge in [-0.2, -0.15) is 0 Å². The second kappa shape index (κ2) is 8.32. The standard InChI is InChI=1S/C19H22ClN3O2/c1-25-17-7-3-6-16(11-17)22-18-9-8-13(12-21-18)19(24)23-15-5-2-4-14(20)10-15/h2,4-5,8-10,12,16-17H,3,6-7,11H2,1H3,(H,21,22)(H,23,24). The van der Waals surface area contributed by atoms with Gasteiger partial charge >= 0.3 is 0 Å². The third-order valence-corrected chi connectivity index (χ3v) is 4.65. The Balaban J connectivity index is 1.59. The number of pyridine rings is 1. The van der Waals surface area contributed by atoms with Crippen molar-refractivity contribution >= 4 is 29.0 Å². The van der Waals surface area contributed by atoms with Gasteiger partial charge in [-0.15, -0.1) is 0 Å². The van der Waals surface area contributed by atoms with Crippen molar-refractivity contribution < 1.29 is 9.53 Å². The number of halogens is 1. The molecular weight excluding hydrogens is 338 g/mol. The number of ether oxygens (including phenoxy) is 1. The minimum atomic E-state index is -0.210. The van der Waals surface area contributed by atoms with Crippen LogP contribution in [0.2, 0.25) is 5.02 Å². The Hall–Kier alpha value is -2.11. The summed E-state index contributed by atoms with van der Waals surface area (Å²) in [7, 11) is 1.76. The lowest BCUT2D eigenvalue weighted by Crippen LogP contribution is -2.31. The molecule has 0 radical (unpaired) electrons. The first kappa shape index (κ1) is 17.7. The Kier molecular flexibility index (Phi) is 5.89. The lowest BCUT2D eigenvalue weighted by atomic mass is 9.93. The number of anilines is 2. The van der Waals surface area contributed by atoms with Crippen LogP contribution in [0.25, 0.3) is 0 Å². The van der Waals surface area contributed by atoms with Crippen molar-refractivity contribution in [2.45, 2.75) is 37.8 Å². The van der Waals surface area contributed by atoms with Crippen LogP contribution >= 0.6 is 11.6 Å². The fourth-order valence-electron chi connectivity index (χ4n) is 3.08. The molecule has 2 aromatic rings. The van der Waals surface area contributed by atoms with Crippen LogP contribution in [0.4, 0.5) is 11.5 Å². The number of nitrogens with one attached hydrogen (secondary N) is 2. The highest BCUT2D eigenvalue weighted by molar-refractivity contribution is 6.30. The maximum absolute atomic E-state index is 12.3. The van der Waals surface area contributed by atoms with Gasteiger partial charge in [-0.3, -0.25) is 4.79 Å². The van der Waals surface area contributed by atoms with E-state index in [1.165, 1.54) is 0 Å². The van der Waals surface area contributed by atoms with E-state index in [0.717, 1.165) is 31.5 Å². The van der Waals surface area contributed by atoms with Crippen LogP contribution < -0.4 is 10.6 Å². The van der Waals surface area contributed by atoms with Crippen molar-refractivity contribution in [3.05, 3.63) is 53.2 Å². The molecule has 1 aliphatic carbocycles. The number of hydrogen-bond donors (Lipinski definition) is 2. The lowest BCUT2D eigenvalue weighted by Gasteiger charge is -2.29. The number of benzene rings is 1. The fourth-order valence-corrected chi connectivity index (χ4v) is 3.27. The van der Waals surface area contributed by atoms with Crippen LogP contribution in [0.3, 0.4) is 0 Å². The first-order valence-corrected chi connectivity index (χ1v) is 8.84. The van der Waals surface area contributed by atoms with Crippen LogP contribution in [0.5, 0.6) is 0 Å². The van der Waals surface area contributed by atoms with Gasteiger partial charge in [0.25, 0.3) is 5.91 Å². The zero-order valence-electron chi connectivity index (χ0n) is 14.2. The number of carbonyl (C=O) groups excluding carboxylic acids is 1. The molecule has 25 heavy (non-hydrogen) atoms. The van der Waals surface area contributed by atoms with Gasteiger partial charge in [-0.1, -0.05) is 17.7 Å². The predicted octanol–water partition coefficient (Wildman–Crippen LogP) is 4.36. The maximum Gasteiger partial charge on any atom is 0.257 e. The van der Waals surface area contributed by atoms with Gasteiger partial charge in [0.15, 0.2) is 0 Å². The smallest absolute Gasteiger partial charge is 0.257 e. The Labute approximate surface area is 152 Å². The van der Waals surface area contributed by atoms with E-state index in [-0.39, 0.29) is 5.91 Å². The minimum Gasteiger partial charge on any atom is -0.381 e. The Morgan fingerprint density at radius 3 is 2.88 bits per heavy atom. The Morgan fingerprint density at radius 1 is 1.28 bits per heavy atom. The number of amides is 1. The van der Waals surface area contributed by atoms with Crippen LogP contribution in [-0.4, -0.2) is 30.1 Å². The zero-order chi connectivity index (χ0) is 17.6. The molecule has 2 atom stereocenters. The normalized spacial score (nSPS) is 20.1. The summed E-state index contributed by atoms with van der Waals surface area (Å²) in [5.41, 5.74) is 1.16. The van der Waals surface area contributed by atoms with Gasteiger partial charge in [-0.05, 0) is 56.0 Å². The summed E-state index contributed by atoms with van der Waals surface area (Å²) in [6, 6.07) is 11.0. The number of methoxy groups -OCH3 is 1. The number of nitrogens with zero attached hydrogens (tertiary/aromatic N) is 1. The second-order valence-electron chi connectivity index (χ2n) is 6.26. The summed E-state index contributed by atoms with van der Waals surface area (Å²) in [5.74, 6) is 0.569. The molecule has 0 spiro atoms. The SMILES string of the molecule is COC1CCCC(Nc2ccc(C(=O)Nc3cccc(Cl)c3)cn2)C1. The summed E-state index contributed by atoms with van der Waals surface area (Å²) in [6.45, 7) is 0. The van der Waals surface area contributed by atoms with Crippen LogP contribution in [-0.2, 0) is 4.74 Å². The highest BCUT2D eigenvalue weighted by atomic mass is 35.5. The van der Waals surface area contributed by atoms with Gasteiger partial charge in [-0.25, -0.2) is 4.98 Å². The molecule has 1 aromatic carbocycles. The van der Waals surface area contributed by atoms with E-state index in [0.29, 0.717) is 28.4 Å². The average Bonchev–Trinajstić information content (AvgIpc) is 2.62. The first-order valence-electron chi connectivity index (χ1n) is 8.46. The van der Waals surface area contributed by atoms with Crippen molar-refractivity contribution in [3.8, 4) is 0 Å². The van der Waals surface area contributed by atoms with Crippen molar-refractivity contribution in [3.63, 3.8) is 0 Å². The third kappa shape index (κ3) is 4.94. The third-order valence-electron chi connectivity index (χ3n) is 4.42. The molecule has 1 heterocycles. The van der Waals surface area contributed by atoms with E-state index in [4.69, 9.17) is 16.3 Å². The van der Waals surface area contributed by atoms with Crippen LogP contribution in [0, 0.1) is 0 Å². The summed E-state index contributed by atoms with van der Waals surface area (Å²) in [6.07, 6.45) is 6.25. The molecule has 0 bridgehead atoms. The van der Waals surface area contributed by atoms with Gasteiger partial charge in [0.05, 0.1) is 11.7 Å². The molecule has 0 aliphatic heterocycles. The number of aromatic nitrogens is 1. The molecular formula is C19H22ClN3O2. The molecule has 1 fully saturated rings. The predicted molar refractivity (Wildman–Crippen MR) is 100 cm³/mol. The second-order valence-corrected chi connectivity index (χ2v) is 6.70. The topological polar surface area (TPSA) is 63.2 Å². The average molecular weight is 360 g/mol. The van der Waals surface area contributed by atoms with E-state index >= 15 is 0 Å². The summed E-state index contributed by atoms with van der Waals surface area (Å²) in [4.78, 5) is 16.6. The summed E-state index contributed by atoms with van der Waals surface area (Å²) >= 11 is 5.93. The number of hydrogen-bond acceptors (Lipinski definition) is 4. The van der Waals surface area contributed by atoms with E-state index < -0.39 is 0 Å². The molecule has 2 N–H and O–H groups in total. The molecule has 6 heteroatoms. The molecule has 0 saturated heterocycles. The largest absolute Gasteiger partial charge is 0.381 e.